The molecule has 1 atom stereocenters. The molecule has 2 aliphatic rings. The zero-order valence-electron chi connectivity index (χ0n) is 13.2. The van der Waals surface area contributed by atoms with Gasteiger partial charge in [0.2, 0.25) is 0 Å². The van der Waals surface area contributed by atoms with E-state index in [1.54, 1.807) is 11.0 Å². The number of hydrogen-bond donors (Lipinski definition) is 1. The van der Waals surface area contributed by atoms with Gasteiger partial charge in [0.15, 0.2) is 0 Å². The van der Waals surface area contributed by atoms with E-state index >= 15 is 0 Å². The molecule has 5 nitrogen and oxygen atoms in total. The van der Waals surface area contributed by atoms with Gasteiger partial charge >= 0.3 is 0 Å². The average Bonchev–Trinajstić information content (AvgIpc) is 2.55. The highest BCUT2D eigenvalue weighted by Gasteiger charge is 2.25. The monoisotopic (exact) mass is 303 g/mol. The van der Waals surface area contributed by atoms with Gasteiger partial charge in [-0.3, -0.25) is 4.79 Å². The van der Waals surface area contributed by atoms with Crippen molar-refractivity contribution in [2.75, 3.05) is 33.2 Å². The lowest BCUT2D eigenvalue weighted by molar-refractivity contribution is 0.0468. The van der Waals surface area contributed by atoms with Crippen molar-refractivity contribution in [3.8, 4) is 0 Å². The Kier molecular flexibility index (Phi) is 4.74. The standard InChI is InChI=1S/C17H25N3O2/c1-19-10-7-13(8-11-19)15-5-2-6-16(18-15)17(22)20-9-3-4-14(21)12-20/h2,5-6,13-14,21H,3-4,7-12H2,1H3. The van der Waals surface area contributed by atoms with Crippen LogP contribution in [0, 0.1) is 0 Å². The number of aromatic nitrogens is 1. The number of amides is 1. The van der Waals surface area contributed by atoms with Crippen LogP contribution in [0.5, 0.6) is 0 Å². The fourth-order valence-electron chi connectivity index (χ4n) is 3.40. The molecule has 0 aromatic carbocycles. The van der Waals surface area contributed by atoms with Crippen molar-refractivity contribution in [3.63, 3.8) is 0 Å². The summed E-state index contributed by atoms with van der Waals surface area (Å²) in [5, 5.41) is 9.74. The van der Waals surface area contributed by atoms with Crippen molar-refractivity contribution >= 4 is 5.91 Å². The minimum atomic E-state index is -0.394. The first-order valence-electron chi connectivity index (χ1n) is 8.26. The van der Waals surface area contributed by atoms with Gasteiger partial charge in [-0.25, -0.2) is 4.98 Å². The van der Waals surface area contributed by atoms with E-state index in [4.69, 9.17) is 0 Å². The average molecular weight is 303 g/mol. The summed E-state index contributed by atoms with van der Waals surface area (Å²) in [6, 6.07) is 5.77. The maximum Gasteiger partial charge on any atom is 0.272 e. The molecule has 2 fully saturated rings. The van der Waals surface area contributed by atoms with Crippen LogP contribution in [0.25, 0.3) is 0 Å². The second-order valence-electron chi connectivity index (χ2n) is 6.57. The quantitative estimate of drug-likeness (QED) is 0.899. The minimum absolute atomic E-state index is 0.0477. The summed E-state index contributed by atoms with van der Waals surface area (Å²) < 4.78 is 0. The number of likely N-dealkylation sites (tertiary alicyclic amines) is 2. The smallest absolute Gasteiger partial charge is 0.272 e. The van der Waals surface area contributed by atoms with Gasteiger partial charge in [-0.15, -0.1) is 0 Å². The van der Waals surface area contributed by atoms with Gasteiger partial charge < -0.3 is 14.9 Å². The molecule has 5 heteroatoms. The Bertz CT molecular complexity index is 526. The molecule has 2 aliphatic heterocycles. The molecule has 0 spiro atoms. The number of piperidine rings is 2. The highest BCUT2D eigenvalue weighted by atomic mass is 16.3. The van der Waals surface area contributed by atoms with Crippen molar-refractivity contribution in [1.29, 1.82) is 0 Å². The van der Waals surface area contributed by atoms with Gasteiger partial charge in [-0.05, 0) is 58.0 Å². The van der Waals surface area contributed by atoms with Crippen molar-refractivity contribution in [2.24, 2.45) is 0 Å². The molecule has 1 aromatic rings. The van der Waals surface area contributed by atoms with Crippen LogP contribution in [0.4, 0.5) is 0 Å². The third kappa shape index (κ3) is 3.47. The number of nitrogens with zero attached hydrogens (tertiary/aromatic N) is 3. The van der Waals surface area contributed by atoms with E-state index in [2.05, 4.69) is 16.9 Å². The third-order valence-corrected chi connectivity index (χ3v) is 4.81. The summed E-state index contributed by atoms with van der Waals surface area (Å²) in [5.41, 5.74) is 1.56. The normalized spacial score (nSPS) is 24.5. The van der Waals surface area contributed by atoms with Gasteiger partial charge in [0.25, 0.3) is 5.91 Å². The molecule has 3 rings (SSSR count). The topological polar surface area (TPSA) is 56.7 Å². The molecule has 120 valence electrons. The Morgan fingerprint density at radius 2 is 2.00 bits per heavy atom. The Morgan fingerprint density at radius 3 is 2.73 bits per heavy atom. The molecule has 1 amide bonds. The number of β-amino-alcohol motifs (C(OH)–C–C–N with tert-alkyl or cyclic N) is 1. The van der Waals surface area contributed by atoms with E-state index in [-0.39, 0.29) is 5.91 Å². The molecule has 0 aliphatic carbocycles. The molecule has 1 aromatic heterocycles. The number of aliphatic hydroxyl groups is 1. The van der Waals surface area contributed by atoms with Crippen LogP contribution in [-0.2, 0) is 0 Å². The lowest BCUT2D eigenvalue weighted by atomic mass is 9.93. The summed E-state index contributed by atoms with van der Waals surface area (Å²) in [4.78, 5) is 21.3. The number of rotatable bonds is 2. The second kappa shape index (κ2) is 6.75. The Morgan fingerprint density at radius 1 is 1.23 bits per heavy atom. The van der Waals surface area contributed by atoms with Gasteiger partial charge in [-0.1, -0.05) is 6.07 Å². The maximum absolute atomic E-state index is 12.6. The Hall–Kier alpha value is -1.46. The van der Waals surface area contributed by atoms with E-state index in [0.29, 0.717) is 18.2 Å². The molecule has 1 unspecified atom stereocenters. The van der Waals surface area contributed by atoms with Crippen LogP contribution < -0.4 is 0 Å². The summed E-state index contributed by atoms with van der Waals surface area (Å²) in [5.74, 6) is 0.407. The first-order valence-corrected chi connectivity index (χ1v) is 8.26. The number of hydrogen-bond acceptors (Lipinski definition) is 4. The van der Waals surface area contributed by atoms with E-state index in [0.717, 1.165) is 51.0 Å². The summed E-state index contributed by atoms with van der Waals surface area (Å²) in [7, 11) is 2.14. The highest BCUT2D eigenvalue weighted by Crippen LogP contribution is 2.26. The number of carbonyl (C=O) groups excluding carboxylic acids is 1. The molecular weight excluding hydrogens is 278 g/mol. The van der Waals surface area contributed by atoms with Gasteiger partial charge in [0, 0.05) is 24.7 Å². The molecule has 1 N–H and O–H groups in total. The number of aliphatic hydroxyl groups excluding tert-OH is 1. The van der Waals surface area contributed by atoms with Crippen molar-refractivity contribution in [2.45, 2.75) is 37.7 Å². The van der Waals surface area contributed by atoms with E-state index in [1.807, 2.05) is 12.1 Å². The summed E-state index contributed by atoms with van der Waals surface area (Å²) in [6.45, 7) is 3.32. The van der Waals surface area contributed by atoms with Gasteiger partial charge in [0.1, 0.15) is 5.69 Å². The molecule has 0 bridgehead atoms. The Balaban J connectivity index is 1.71. The van der Waals surface area contributed by atoms with Gasteiger partial charge in [-0.2, -0.15) is 0 Å². The van der Waals surface area contributed by atoms with Crippen LogP contribution >= 0.6 is 0 Å². The summed E-state index contributed by atoms with van der Waals surface area (Å²) in [6.07, 6.45) is 3.46. The van der Waals surface area contributed by atoms with E-state index < -0.39 is 6.10 Å². The maximum atomic E-state index is 12.6. The second-order valence-corrected chi connectivity index (χ2v) is 6.57. The lowest BCUT2D eigenvalue weighted by Crippen LogP contribution is -2.42. The van der Waals surface area contributed by atoms with Crippen LogP contribution in [0.3, 0.4) is 0 Å². The predicted molar refractivity (Wildman–Crippen MR) is 84.9 cm³/mol. The van der Waals surface area contributed by atoms with E-state index in [9.17, 15) is 9.90 Å². The first-order chi connectivity index (χ1) is 10.6. The fourth-order valence-corrected chi connectivity index (χ4v) is 3.40. The third-order valence-electron chi connectivity index (χ3n) is 4.81. The van der Waals surface area contributed by atoms with E-state index in [1.165, 1.54) is 0 Å². The lowest BCUT2D eigenvalue weighted by Gasteiger charge is -2.30. The zero-order chi connectivity index (χ0) is 15.5. The Labute approximate surface area is 131 Å². The number of carbonyl (C=O) groups is 1. The minimum Gasteiger partial charge on any atom is -0.391 e. The predicted octanol–water partition coefficient (Wildman–Crippen LogP) is 1.49. The SMILES string of the molecule is CN1CCC(c2cccc(C(=O)N3CCCC(O)C3)n2)CC1. The van der Waals surface area contributed by atoms with Crippen LogP contribution in [0.2, 0.25) is 0 Å². The van der Waals surface area contributed by atoms with Crippen LogP contribution in [0.1, 0.15) is 47.8 Å². The molecular formula is C17H25N3O2. The highest BCUT2D eigenvalue weighted by molar-refractivity contribution is 5.92. The molecule has 22 heavy (non-hydrogen) atoms. The fraction of sp³-hybridized carbons (Fsp3) is 0.647. The van der Waals surface area contributed by atoms with Crippen molar-refractivity contribution < 1.29 is 9.90 Å². The molecule has 2 saturated heterocycles. The van der Waals surface area contributed by atoms with Crippen molar-refractivity contribution in [1.82, 2.24) is 14.8 Å². The van der Waals surface area contributed by atoms with Crippen LogP contribution in [-0.4, -0.2) is 65.1 Å². The van der Waals surface area contributed by atoms with Crippen molar-refractivity contribution in [3.05, 3.63) is 29.6 Å². The zero-order valence-corrected chi connectivity index (χ0v) is 13.2. The largest absolute Gasteiger partial charge is 0.391 e. The molecule has 3 heterocycles. The number of pyridine rings is 1. The van der Waals surface area contributed by atoms with Crippen LogP contribution in [0.15, 0.2) is 18.2 Å². The summed E-state index contributed by atoms with van der Waals surface area (Å²) >= 11 is 0. The van der Waals surface area contributed by atoms with Gasteiger partial charge in [0.05, 0.1) is 6.10 Å². The molecule has 0 saturated carbocycles. The first kappa shape index (κ1) is 15.4. The molecule has 0 radical (unpaired) electrons.